The standard InChI is InChI=1S/C22H32F3N7O/c1-14-10-15(2)12-30(11-14)13-16(3)26-20(33)17-6-8-31(9-7-17)19-5-4-18-27-28-21(22(23,24)25)32(18)29-19/h4-5,14-17H,6-13H2,1-3H3,(H,26,33). The summed E-state index contributed by atoms with van der Waals surface area (Å²) in [5, 5.41) is 14.0. The Balaban J connectivity index is 1.31. The van der Waals surface area contributed by atoms with Crippen LogP contribution in [0.5, 0.6) is 0 Å². The molecule has 8 nitrogen and oxygen atoms in total. The number of anilines is 1. The van der Waals surface area contributed by atoms with Gasteiger partial charge >= 0.3 is 6.18 Å². The van der Waals surface area contributed by atoms with Crippen LogP contribution in [0.3, 0.4) is 0 Å². The molecule has 4 heterocycles. The molecule has 11 heteroatoms. The van der Waals surface area contributed by atoms with Crippen LogP contribution < -0.4 is 10.2 Å². The molecule has 0 aliphatic carbocycles. The number of hydrogen-bond acceptors (Lipinski definition) is 6. The van der Waals surface area contributed by atoms with E-state index in [1.165, 1.54) is 12.5 Å². The van der Waals surface area contributed by atoms with Crippen LogP contribution in [0.1, 0.15) is 45.9 Å². The second kappa shape index (κ2) is 9.44. The summed E-state index contributed by atoms with van der Waals surface area (Å²) in [6, 6.07) is 3.20. The number of likely N-dealkylation sites (tertiary alicyclic amines) is 1. The van der Waals surface area contributed by atoms with Crippen LogP contribution in [0.15, 0.2) is 12.1 Å². The van der Waals surface area contributed by atoms with E-state index in [1.54, 1.807) is 6.07 Å². The average molecular weight is 468 g/mol. The van der Waals surface area contributed by atoms with E-state index in [-0.39, 0.29) is 23.5 Å². The number of carbonyl (C=O) groups is 1. The molecule has 2 aliphatic heterocycles. The van der Waals surface area contributed by atoms with E-state index in [9.17, 15) is 18.0 Å². The fourth-order valence-corrected chi connectivity index (χ4v) is 5.23. The Morgan fingerprint density at radius 2 is 1.82 bits per heavy atom. The Hall–Kier alpha value is -2.43. The summed E-state index contributed by atoms with van der Waals surface area (Å²) < 4.78 is 40.1. The Morgan fingerprint density at radius 3 is 2.45 bits per heavy atom. The molecule has 0 radical (unpaired) electrons. The number of fused-ring (bicyclic) bond motifs is 1. The molecule has 1 N–H and O–H groups in total. The number of carbonyl (C=O) groups excluding carboxylic acids is 1. The van der Waals surface area contributed by atoms with Gasteiger partial charge in [0.05, 0.1) is 0 Å². The number of aromatic nitrogens is 4. The molecule has 2 saturated heterocycles. The maximum atomic E-state index is 13.1. The summed E-state index contributed by atoms with van der Waals surface area (Å²) in [5.41, 5.74) is 0.0480. The predicted octanol–water partition coefficient (Wildman–Crippen LogP) is 2.84. The van der Waals surface area contributed by atoms with Crippen molar-refractivity contribution in [2.45, 2.75) is 52.3 Å². The topological polar surface area (TPSA) is 78.7 Å². The lowest BCUT2D eigenvalue weighted by Crippen LogP contribution is -2.49. The van der Waals surface area contributed by atoms with Gasteiger partial charge in [0, 0.05) is 44.7 Å². The van der Waals surface area contributed by atoms with Crippen LogP contribution in [0.4, 0.5) is 19.0 Å². The average Bonchev–Trinajstić information content (AvgIpc) is 3.16. The van der Waals surface area contributed by atoms with E-state index in [0.717, 1.165) is 24.1 Å². The van der Waals surface area contributed by atoms with Crippen LogP contribution in [0.2, 0.25) is 0 Å². The fraction of sp³-hybridized carbons (Fsp3) is 0.727. The van der Waals surface area contributed by atoms with Gasteiger partial charge in [0.2, 0.25) is 5.91 Å². The highest BCUT2D eigenvalue weighted by atomic mass is 19.4. The van der Waals surface area contributed by atoms with Crippen LogP contribution in [-0.4, -0.2) is 69.4 Å². The summed E-state index contributed by atoms with van der Waals surface area (Å²) in [7, 11) is 0. The minimum Gasteiger partial charge on any atom is -0.355 e. The van der Waals surface area contributed by atoms with Crippen molar-refractivity contribution in [1.82, 2.24) is 30.0 Å². The first kappa shape index (κ1) is 23.7. The third-order valence-electron chi connectivity index (χ3n) is 6.56. The summed E-state index contributed by atoms with van der Waals surface area (Å²) in [4.78, 5) is 17.2. The quantitative estimate of drug-likeness (QED) is 0.729. The van der Waals surface area contributed by atoms with E-state index < -0.39 is 12.0 Å². The Kier molecular flexibility index (Phi) is 6.78. The minimum atomic E-state index is -4.63. The van der Waals surface area contributed by atoms with Crippen molar-refractivity contribution < 1.29 is 18.0 Å². The second-order valence-electron chi connectivity index (χ2n) is 9.82. The van der Waals surface area contributed by atoms with E-state index >= 15 is 0 Å². The number of nitrogens with one attached hydrogen (secondary N) is 1. The molecular formula is C22H32F3N7O. The van der Waals surface area contributed by atoms with E-state index in [4.69, 9.17) is 0 Å². The van der Waals surface area contributed by atoms with Gasteiger partial charge in [0.25, 0.3) is 5.82 Å². The normalized spacial score (nSPS) is 24.2. The van der Waals surface area contributed by atoms with Crippen LogP contribution in [-0.2, 0) is 11.0 Å². The molecule has 4 rings (SSSR count). The molecule has 33 heavy (non-hydrogen) atoms. The minimum absolute atomic E-state index is 0.0480. The lowest BCUT2D eigenvalue weighted by Gasteiger charge is -2.37. The number of nitrogens with zero attached hydrogens (tertiary/aromatic N) is 6. The molecule has 1 amide bonds. The first-order valence-electron chi connectivity index (χ1n) is 11.7. The molecule has 0 saturated carbocycles. The molecule has 0 bridgehead atoms. The Bertz CT molecular complexity index is 961. The van der Waals surface area contributed by atoms with Gasteiger partial charge in [-0.25, -0.2) is 0 Å². The Morgan fingerprint density at radius 1 is 1.15 bits per heavy atom. The van der Waals surface area contributed by atoms with Gasteiger partial charge in [0.1, 0.15) is 5.82 Å². The SMILES string of the molecule is CC1CC(C)CN(CC(C)NC(=O)C2CCN(c3ccc4nnc(C(F)(F)F)n4n3)CC2)C1. The summed E-state index contributed by atoms with van der Waals surface area (Å²) in [6.07, 6.45) is -2.11. The lowest BCUT2D eigenvalue weighted by molar-refractivity contribution is -0.146. The summed E-state index contributed by atoms with van der Waals surface area (Å²) >= 11 is 0. The van der Waals surface area contributed by atoms with Gasteiger partial charge in [-0.15, -0.1) is 15.3 Å². The zero-order valence-electron chi connectivity index (χ0n) is 19.3. The predicted molar refractivity (Wildman–Crippen MR) is 118 cm³/mol. The number of alkyl halides is 3. The fourth-order valence-electron chi connectivity index (χ4n) is 5.23. The van der Waals surface area contributed by atoms with Gasteiger partial charge in [-0.3, -0.25) is 4.79 Å². The maximum Gasteiger partial charge on any atom is 0.453 e. The van der Waals surface area contributed by atoms with Gasteiger partial charge in [0.15, 0.2) is 5.65 Å². The third-order valence-corrected chi connectivity index (χ3v) is 6.56. The maximum absolute atomic E-state index is 13.1. The van der Waals surface area contributed by atoms with E-state index in [2.05, 4.69) is 39.4 Å². The number of amides is 1. The van der Waals surface area contributed by atoms with Gasteiger partial charge in [-0.1, -0.05) is 13.8 Å². The van der Waals surface area contributed by atoms with Crippen molar-refractivity contribution in [2.24, 2.45) is 17.8 Å². The molecule has 2 aromatic heterocycles. The molecule has 3 atom stereocenters. The third kappa shape index (κ3) is 5.56. The number of piperidine rings is 2. The van der Waals surface area contributed by atoms with Gasteiger partial charge in [-0.05, 0) is 50.2 Å². The molecule has 2 fully saturated rings. The molecule has 2 aromatic rings. The highest BCUT2D eigenvalue weighted by molar-refractivity contribution is 5.79. The van der Waals surface area contributed by atoms with Gasteiger partial charge < -0.3 is 15.1 Å². The second-order valence-corrected chi connectivity index (χ2v) is 9.82. The highest BCUT2D eigenvalue weighted by Crippen LogP contribution is 2.29. The van der Waals surface area contributed by atoms with E-state index in [0.29, 0.717) is 43.6 Å². The van der Waals surface area contributed by atoms with Crippen LogP contribution in [0, 0.1) is 17.8 Å². The molecule has 0 aromatic carbocycles. The monoisotopic (exact) mass is 467 g/mol. The summed E-state index contributed by atoms with van der Waals surface area (Å²) in [5.74, 6) is 0.598. The lowest BCUT2D eigenvalue weighted by atomic mass is 9.91. The van der Waals surface area contributed by atoms with Crippen LogP contribution in [0.25, 0.3) is 5.65 Å². The van der Waals surface area contributed by atoms with Crippen molar-refractivity contribution in [3.8, 4) is 0 Å². The van der Waals surface area contributed by atoms with Crippen LogP contribution >= 0.6 is 0 Å². The molecule has 0 spiro atoms. The molecular weight excluding hydrogens is 435 g/mol. The van der Waals surface area contributed by atoms with E-state index in [1.807, 2.05) is 11.8 Å². The zero-order valence-corrected chi connectivity index (χ0v) is 19.3. The number of halogens is 3. The van der Waals surface area contributed by atoms with Crippen molar-refractivity contribution in [1.29, 1.82) is 0 Å². The Labute approximate surface area is 191 Å². The van der Waals surface area contributed by atoms with Crippen molar-refractivity contribution in [2.75, 3.05) is 37.6 Å². The van der Waals surface area contributed by atoms with Crippen molar-refractivity contribution >= 4 is 17.4 Å². The molecule has 3 unspecified atom stereocenters. The first-order valence-corrected chi connectivity index (χ1v) is 11.7. The zero-order chi connectivity index (χ0) is 23.8. The molecule has 2 aliphatic rings. The highest BCUT2D eigenvalue weighted by Gasteiger charge is 2.38. The van der Waals surface area contributed by atoms with Gasteiger partial charge in [-0.2, -0.15) is 17.7 Å². The smallest absolute Gasteiger partial charge is 0.355 e. The number of hydrogen-bond donors (Lipinski definition) is 1. The number of rotatable bonds is 5. The summed E-state index contributed by atoms with van der Waals surface area (Å²) in [6.45, 7) is 10.7. The largest absolute Gasteiger partial charge is 0.453 e. The van der Waals surface area contributed by atoms with Crippen molar-refractivity contribution in [3.05, 3.63) is 18.0 Å². The molecule has 182 valence electrons. The first-order chi connectivity index (χ1) is 15.6. The van der Waals surface area contributed by atoms with Crippen molar-refractivity contribution in [3.63, 3.8) is 0 Å².